The number of hydrogen-bond donors (Lipinski definition) is 1. The minimum atomic E-state index is 0.661. The van der Waals surface area contributed by atoms with Crippen LogP contribution in [0.25, 0.3) is 0 Å². The van der Waals surface area contributed by atoms with Crippen molar-refractivity contribution in [1.29, 1.82) is 0 Å². The highest BCUT2D eigenvalue weighted by Crippen LogP contribution is 2.21. The Morgan fingerprint density at radius 1 is 1.25 bits per heavy atom. The van der Waals surface area contributed by atoms with Gasteiger partial charge in [-0.25, -0.2) is 0 Å². The molecule has 0 spiro atoms. The summed E-state index contributed by atoms with van der Waals surface area (Å²) in [7, 11) is 3.86. The minimum absolute atomic E-state index is 0.661. The zero-order chi connectivity index (χ0) is 19.3. The van der Waals surface area contributed by atoms with Gasteiger partial charge in [0.2, 0.25) is 0 Å². The Bertz CT molecular complexity index is 844. The Hall–Kier alpha value is -2.76. The minimum Gasteiger partial charge on any atom is -0.364 e. The van der Waals surface area contributed by atoms with E-state index in [0.29, 0.717) is 5.92 Å². The Kier molecular flexibility index (Phi) is 5.65. The predicted octanol–water partition coefficient (Wildman–Crippen LogP) is 2.44. The summed E-state index contributed by atoms with van der Waals surface area (Å²) in [5.41, 5.74) is 3.90. The number of nitrogens with zero attached hydrogens (tertiary/aromatic N) is 5. The van der Waals surface area contributed by atoms with Crippen LogP contribution in [0.15, 0.2) is 53.8 Å². The molecule has 0 radical (unpaired) electrons. The van der Waals surface area contributed by atoms with Gasteiger partial charge in [0.15, 0.2) is 5.96 Å². The van der Waals surface area contributed by atoms with Crippen molar-refractivity contribution < 1.29 is 0 Å². The van der Waals surface area contributed by atoms with Crippen molar-refractivity contribution in [2.45, 2.75) is 19.4 Å². The fraction of sp³-hybridized carbons (Fsp3) is 0.455. The lowest BCUT2D eigenvalue weighted by Gasteiger charge is -2.22. The van der Waals surface area contributed by atoms with Crippen LogP contribution in [0.4, 0.5) is 5.69 Å². The Balaban J connectivity index is 1.31. The topological polar surface area (TPSA) is 48.7 Å². The molecule has 1 saturated heterocycles. The number of aromatic nitrogens is 2. The van der Waals surface area contributed by atoms with Crippen molar-refractivity contribution in [3.63, 3.8) is 0 Å². The van der Waals surface area contributed by atoms with Gasteiger partial charge in [-0.2, -0.15) is 5.10 Å². The third kappa shape index (κ3) is 4.38. The maximum absolute atomic E-state index is 4.53. The molecule has 1 unspecified atom stereocenters. The molecule has 1 N–H and O–H groups in total. The summed E-state index contributed by atoms with van der Waals surface area (Å²) in [4.78, 5) is 9.29. The van der Waals surface area contributed by atoms with E-state index < -0.39 is 0 Å². The van der Waals surface area contributed by atoms with Gasteiger partial charge in [0.25, 0.3) is 0 Å². The molecule has 1 fully saturated rings. The van der Waals surface area contributed by atoms with Crippen molar-refractivity contribution in [1.82, 2.24) is 20.0 Å². The molecule has 1 aromatic heterocycles. The number of aliphatic imine (C=N–C) groups is 1. The Morgan fingerprint density at radius 2 is 2.11 bits per heavy atom. The number of likely N-dealkylation sites (tertiary alicyclic amines) is 1. The number of nitrogens with one attached hydrogen (secondary N) is 1. The predicted molar refractivity (Wildman–Crippen MR) is 115 cm³/mol. The summed E-state index contributed by atoms with van der Waals surface area (Å²) >= 11 is 0. The maximum atomic E-state index is 4.53. The van der Waals surface area contributed by atoms with Crippen LogP contribution in [-0.2, 0) is 20.0 Å². The highest BCUT2D eigenvalue weighted by atomic mass is 15.3. The van der Waals surface area contributed by atoms with E-state index in [-0.39, 0.29) is 0 Å². The molecule has 3 heterocycles. The highest BCUT2D eigenvalue weighted by Gasteiger charge is 2.25. The Labute approximate surface area is 167 Å². The second-order valence-corrected chi connectivity index (χ2v) is 7.77. The summed E-state index contributed by atoms with van der Waals surface area (Å²) in [5.74, 6) is 1.66. The molecule has 28 heavy (non-hydrogen) atoms. The fourth-order valence-corrected chi connectivity index (χ4v) is 4.17. The normalized spacial score (nSPS) is 19.6. The molecular formula is C22H30N6. The molecule has 148 valence electrons. The molecule has 2 aliphatic rings. The molecule has 0 aliphatic carbocycles. The highest BCUT2D eigenvalue weighted by molar-refractivity contribution is 5.80. The van der Waals surface area contributed by atoms with Crippen LogP contribution in [0.3, 0.4) is 0 Å². The third-order valence-electron chi connectivity index (χ3n) is 5.62. The molecule has 0 saturated carbocycles. The molecule has 6 nitrogen and oxygen atoms in total. The largest absolute Gasteiger partial charge is 0.364 e. The van der Waals surface area contributed by atoms with Crippen molar-refractivity contribution in [3.05, 3.63) is 59.9 Å². The number of hydrogen-bond acceptors (Lipinski definition) is 3. The fourth-order valence-electron chi connectivity index (χ4n) is 4.17. The van der Waals surface area contributed by atoms with E-state index in [9.17, 15) is 0 Å². The van der Waals surface area contributed by atoms with Crippen molar-refractivity contribution in [2.75, 3.05) is 38.1 Å². The van der Waals surface area contributed by atoms with Crippen LogP contribution in [0.2, 0.25) is 0 Å². The SMILES string of the molecule is CN=C(NCc1cccc(N2CC=CC2)c1)N1CCC(Cc2cnn(C)c2)C1. The van der Waals surface area contributed by atoms with E-state index in [2.05, 4.69) is 67.8 Å². The quantitative estimate of drug-likeness (QED) is 0.493. The number of anilines is 1. The number of benzene rings is 1. The summed E-state index contributed by atoms with van der Waals surface area (Å²) in [5, 5.41) is 7.85. The molecular weight excluding hydrogens is 348 g/mol. The second-order valence-electron chi connectivity index (χ2n) is 7.77. The monoisotopic (exact) mass is 378 g/mol. The average Bonchev–Trinajstić information content (AvgIpc) is 3.46. The lowest BCUT2D eigenvalue weighted by Crippen LogP contribution is -2.39. The van der Waals surface area contributed by atoms with Gasteiger partial charge in [-0.05, 0) is 42.0 Å². The summed E-state index contributed by atoms with van der Waals surface area (Å²) in [6.45, 7) is 4.92. The van der Waals surface area contributed by atoms with E-state index in [4.69, 9.17) is 0 Å². The summed E-state index contributed by atoms with van der Waals surface area (Å²) < 4.78 is 1.88. The van der Waals surface area contributed by atoms with Crippen molar-refractivity contribution >= 4 is 11.6 Å². The number of rotatable bonds is 5. The van der Waals surface area contributed by atoms with Crippen LogP contribution in [0.1, 0.15) is 17.5 Å². The molecule has 0 amide bonds. The summed E-state index contributed by atoms with van der Waals surface area (Å²) in [6, 6.07) is 8.80. The van der Waals surface area contributed by atoms with Crippen LogP contribution >= 0.6 is 0 Å². The third-order valence-corrected chi connectivity index (χ3v) is 5.62. The first kappa shape index (κ1) is 18.6. The van der Waals surface area contributed by atoms with Gasteiger partial charge in [-0.1, -0.05) is 24.3 Å². The van der Waals surface area contributed by atoms with E-state index in [1.54, 1.807) is 0 Å². The van der Waals surface area contributed by atoms with Crippen LogP contribution in [0.5, 0.6) is 0 Å². The molecule has 2 aromatic rings. The van der Waals surface area contributed by atoms with Gasteiger partial charge in [0, 0.05) is 58.7 Å². The molecule has 2 aliphatic heterocycles. The first-order valence-corrected chi connectivity index (χ1v) is 10.1. The van der Waals surface area contributed by atoms with Gasteiger partial charge < -0.3 is 15.1 Å². The van der Waals surface area contributed by atoms with Crippen molar-refractivity contribution in [3.8, 4) is 0 Å². The van der Waals surface area contributed by atoms with Gasteiger partial charge >= 0.3 is 0 Å². The number of aryl methyl sites for hydroxylation is 1. The molecule has 0 bridgehead atoms. The van der Waals surface area contributed by atoms with Crippen molar-refractivity contribution in [2.24, 2.45) is 18.0 Å². The Morgan fingerprint density at radius 3 is 2.86 bits per heavy atom. The molecule has 4 rings (SSSR count). The lowest BCUT2D eigenvalue weighted by atomic mass is 10.0. The smallest absolute Gasteiger partial charge is 0.193 e. The molecule has 1 atom stereocenters. The first-order valence-electron chi connectivity index (χ1n) is 10.1. The maximum Gasteiger partial charge on any atom is 0.193 e. The van der Waals surface area contributed by atoms with E-state index in [1.165, 1.54) is 23.2 Å². The van der Waals surface area contributed by atoms with Gasteiger partial charge in [-0.15, -0.1) is 0 Å². The van der Waals surface area contributed by atoms with Gasteiger partial charge in [-0.3, -0.25) is 9.67 Å². The zero-order valence-electron chi connectivity index (χ0n) is 16.9. The van der Waals surface area contributed by atoms with E-state index in [1.807, 2.05) is 25.0 Å². The van der Waals surface area contributed by atoms with Crippen LogP contribution < -0.4 is 10.2 Å². The first-order chi connectivity index (χ1) is 13.7. The number of guanidine groups is 1. The van der Waals surface area contributed by atoms with E-state index >= 15 is 0 Å². The van der Waals surface area contributed by atoms with Crippen LogP contribution in [-0.4, -0.2) is 53.9 Å². The lowest BCUT2D eigenvalue weighted by molar-refractivity contribution is 0.459. The van der Waals surface area contributed by atoms with Gasteiger partial charge in [0.05, 0.1) is 6.20 Å². The summed E-state index contributed by atoms with van der Waals surface area (Å²) in [6.07, 6.45) is 10.8. The van der Waals surface area contributed by atoms with Gasteiger partial charge in [0.1, 0.15) is 0 Å². The average molecular weight is 379 g/mol. The second kappa shape index (κ2) is 8.50. The molecule has 6 heteroatoms. The standard InChI is InChI=1S/C22H30N6/c1-23-22(28-11-8-19(17-28)12-20-15-25-26(2)16-20)24-14-18-6-5-7-21(13-18)27-9-3-4-10-27/h3-7,13,15-16,19H,8-12,14,17H2,1-2H3,(H,23,24). The van der Waals surface area contributed by atoms with E-state index in [0.717, 1.165) is 45.1 Å². The molecule has 1 aromatic carbocycles. The van der Waals surface area contributed by atoms with Crippen LogP contribution in [0, 0.1) is 5.92 Å². The zero-order valence-corrected chi connectivity index (χ0v) is 16.9.